The highest BCUT2D eigenvalue weighted by Crippen LogP contribution is 2.39. The molecule has 1 aromatic rings. The SMILES string of the molecule is CNS(=O)(=O)c1c(C(=O)OC)sc(Cl)c1Cl. The number of hydrogen-bond donors (Lipinski definition) is 1. The molecule has 0 bridgehead atoms. The second-order valence-corrected chi connectivity index (χ2v) is 6.37. The summed E-state index contributed by atoms with van der Waals surface area (Å²) in [6.07, 6.45) is 0. The first-order valence-corrected chi connectivity index (χ1v) is 6.90. The van der Waals surface area contributed by atoms with Crippen LogP contribution in [0, 0.1) is 0 Å². The third-order valence-corrected chi connectivity index (χ3v) is 5.37. The van der Waals surface area contributed by atoms with E-state index in [4.69, 9.17) is 23.2 Å². The molecule has 0 aliphatic carbocycles. The minimum Gasteiger partial charge on any atom is -0.465 e. The zero-order valence-electron chi connectivity index (χ0n) is 8.21. The molecule has 90 valence electrons. The van der Waals surface area contributed by atoms with Gasteiger partial charge in [-0.1, -0.05) is 23.2 Å². The van der Waals surface area contributed by atoms with Crippen molar-refractivity contribution in [2.24, 2.45) is 0 Å². The minimum atomic E-state index is -3.85. The van der Waals surface area contributed by atoms with Crippen molar-refractivity contribution < 1.29 is 17.9 Å². The van der Waals surface area contributed by atoms with Gasteiger partial charge in [-0.3, -0.25) is 0 Å². The molecule has 1 aromatic heterocycles. The van der Waals surface area contributed by atoms with E-state index in [1.807, 2.05) is 0 Å². The van der Waals surface area contributed by atoms with Gasteiger partial charge in [-0.05, 0) is 7.05 Å². The summed E-state index contributed by atoms with van der Waals surface area (Å²) in [5.74, 6) is -0.798. The molecule has 0 radical (unpaired) electrons. The third kappa shape index (κ3) is 2.33. The Morgan fingerprint density at radius 3 is 2.44 bits per heavy atom. The highest BCUT2D eigenvalue weighted by molar-refractivity contribution is 7.89. The van der Waals surface area contributed by atoms with Gasteiger partial charge < -0.3 is 4.74 Å². The molecule has 5 nitrogen and oxygen atoms in total. The fourth-order valence-corrected chi connectivity index (χ4v) is 4.01. The Bertz CT molecular complexity index is 523. The highest BCUT2D eigenvalue weighted by atomic mass is 35.5. The smallest absolute Gasteiger partial charge is 0.349 e. The quantitative estimate of drug-likeness (QED) is 0.864. The molecular formula is C7H7Cl2NO4S2. The van der Waals surface area contributed by atoms with Gasteiger partial charge >= 0.3 is 5.97 Å². The van der Waals surface area contributed by atoms with E-state index in [9.17, 15) is 13.2 Å². The lowest BCUT2D eigenvalue weighted by molar-refractivity contribution is 0.0602. The van der Waals surface area contributed by atoms with E-state index in [0.717, 1.165) is 18.4 Å². The van der Waals surface area contributed by atoms with Crippen LogP contribution in [0.3, 0.4) is 0 Å². The van der Waals surface area contributed by atoms with Crippen molar-refractivity contribution in [3.63, 3.8) is 0 Å². The lowest BCUT2D eigenvalue weighted by Crippen LogP contribution is -2.20. The summed E-state index contributed by atoms with van der Waals surface area (Å²) in [6, 6.07) is 0. The Balaban J connectivity index is 3.54. The Kier molecular flexibility index (Phi) is 4.19. The number of carbonyl (C=O) groups excluding carboxylic acids is 1. The summed E-state index contributed by atoms with van der Waals surface area (Å²) in [5.41, 5.74) is 0. The van der Waals surface area contributed by atoms with E-state index in [1.165, 1.54) is 7.05 Å². The fourth-order valence-electron chi connectivity index (χ4n) is 0.939. The summed E-state index contributed by atoms with van der Waals surface area (Å²) >= 11 is 12.2. The third-order valence-electron chi connectivity index (χ3n) is 1.68. The first-order valence-electron chi connectivity index (χ1n) is 3.84. The Hall–Kier alpha value is -0.340. The Labute approximate surface area is 106 Å². The molecule has 0 saturated carbocycles. The van der Waals surface area contributed by atoms with Crippen LogP contribution in [-0.4, -0.2) is 28.5 Å². The maximum atomic E-state index is 11.6. The van der Waals surface area contributed by atoms with Crippen molar-refractivity contribution >= 4 is 50.5 Å². The average Bonchev–Trinajstić information content (AvgIpc) is 2.55. The van der Waals surface area contributed by atoms with Crippen molar-refractivity contribution in [2.45, 2.75) is 4.90 Å². The maximum Gasteiger partial charge on any atom is 0.349 e. The zero-order valence-corrected chi connectivity index (χ0v) is 11.4. The first kappa shape index (κ1) is 13.7. The molecule has 0 amide bonds. The van der Waals surface area contributed by atoms with Gasteiger partial charge in [-0.25, -0.2) is 17.9 Å². The van der Waals surface area contributed by atoms with E-state index in [2.05, 4.69) is 9.46 Å². The largest absolute Gasteiger partial charge is 0.465 e. The summed E-state index contributed by atoms with van der Waals surface area (Å²) in [7, 11) is -1.51. The molecule has 0 saturated heterocycles. The van der Waals surface area contributed by atoms with E-state index in [1.54, 1.807) is 0 Å². The predicted octanol–water partition coefficient (Wildman–Crippen LogP) is 1.75. The van der Waals surface area contributed by atoms with Gasteiger partial charge in [0.25, 0.3) is 0 Å². The molecule has 0 unspecified atom stereocenters. The first-order chi connectivity index (χ1) is 7.35. The van der Waals surface area contributed by atoms with Crippen LogP contribution < -0.4 is 4.72 Å². The van der Waals surface area contributed by atoms with E-state index in [0.29, 0.717) is 0 Å². The van der Waals surface area contributed by atoms with Crippen LogP contribution >= 0.6 is 34.5 Å². The molecule has 1 heterocycles. The van der Waals surface area contributed by atoms with E-state index >= 15 is 0 Å². The van der Waals surface area contributed by atoms with Crippen molar-refractivity contribution in [2.75, 3.05) is 14.2 Å². The Morgan fingerprint density at radius 1 is 1.44 bits per heavy atom. The molecule has 0 aliphatic rings. The number of nitrogens with one attached hydrogen (secondary N) is 1. The summed E-state index contributed by atoms with van der Waals surface area (Å²) in [5, 5.41) is -0.179. The lowest BCUT2D eigenvalue weighted by atomic mass is 10.5. The van der Waals surface area contributed by atoms with Crippen LogP contribution in [-0.2, 0) is 14.8 Å². The number of hydrogen-bond acceptors (Lipinski definition) is 5. The van der Waals surface area contributed by atoms with Crippen LogP contribution in [0.1, 0.15) is 9.67 Å². The minimum absolute atomic E-state index is 0.0240. The van der Waals surface area contributed by atoms with Gasteiger partial charge in [0.05, 0.1) is 12.1 Å². The number of rotatable bonds is 3. The lowest BCUT2D eigenvalue weighted by Gasteiger charge is -2.03. The number of sulfonamides is 1. The number of carbonyl (C=O) groups is 1. The summed E-state index contributed by atoms with van der Waals surface area (Å²) < 4.78 is 29.8. The van der Waals surface area contributed by atoms with Crippen molar-refractivity contribution in [3.05, 3.63) is 14.2 Å². The van der Waals surface area contributed by atoms with Gasteiger partial charge in [0, 0.05) is 0 Å². The van der Waals surface area contributed by atoms with Crippen LogP contribution in [0.5, 0.6) is 0 Å². The molecule has 1 N–H and O–H groups in total. The van der Waals surface area contributed by atoms with Crippen LogP contribution in [0.25, 0.3) is 0 Å². The molecule has 0 spiro atoms. The molecule has 0 fully saturated rings. The molecular weight excluding hydrogens is 297 g/mol. The van der Waals surface area contributed by atoms with Crippen LogP contribution in [0.15, 0.2) is 4.90 Å². The standard InChI is InChI=1S/C7H7Cl2NO4S2/c1-10-16(12,13)5-3(8)6(9)15-4(5)7(11)14-2/h10H,1-2H3. The number of ether oxygens (including phenoxy) is 1. The van der Waals surface area contributed by atoms with Gasteiger partial charge in [0.2, 0.25) is 10.0 Å². The molecule has 9 heteroatoms. The van der Waals surface area contributed by atoms with Gasteiger partial charge in [0.1, 0.15) is 14.1 Å². The average molecular weight is 304 g/mol. The molecule has 0 aliphatic heterocycles. The Morgan fingerprint density at radius 2 is 2.00 bits per heavy atom. The highest BCUT2D eigenvalue weighted by Gasteiger charge is 2.30. The summed E-state index contributed by atoms with van der Waals surface area (Å²) in [4.78, 5) is 10.8. The van der Waals surface area contributed by atoms with Gasteiger partial charge in [-0.2, -0.15) is 0 Å². The van der Waals surface area contributed by atoms with E-state index < -0.39 is 16.0 Å². The fraction of sp³-hybridized carbons (Fsp3) is 0.286. The van der Waals surface area contributed by atoms with Crippen molar-refractivity contribution in [3.8, 4) is 0 Å². The topological polar surface area (TPSA) is 72.5 Å². The van der Waals surface area contributed by atoms with Crippen LogP contribution in [0.2, 0.25) is 9.36 Å². The van der Waals surface area contributed by atoms with Gasteiger partial charge in [0.15, 0.2) is 0 Å². The number of thiophene rings is 1. The molecule has 16 heavy (non-hydrogen) atoms. The van der Waals surface area contributed by atoms with Gasteiger partial charge in [-0.15, -0.1) is 11.3 Å². The predicted molar refractivity (Wildman–Crippen MR) is 61.9 cm³/mol. The van der Waals surface area contributed by atoms with Crippen molar-refractivity contribution in [1.29, 1.82) is 0 Å². The molecule has 0 atom stereocenters. The van der Waals surface area contributed by atoms with Crippen molar-refractivity contribution in [1.82, 2.24) is 4.72 Å². The number of esters is 1. The number of halogens is 2. The normalized spacial score (nSPS) is 11.5. The second kappa shape index (κ2) is 4.89. The number of methoxy groups -OCH3 is 1. The summed E-state index contributed by atoms with van der Waals surface area (Å²) in [6.45, 7) is 0. The molecule has 0 aromatic carbocycles. The molecule has 1 rings (SSSR count). The van der Waals surface area contributed by atoms with E-state index in [-0.39, 0.29) is 19.1 Å². The van der Waals surface area contributed by atoms with Crippen LogP contribution in [0.4, 0.5) is 0 Å². The second-order valence-electron chi connectivity index (χ2n) is 2.55. The maximum absolute atomic E-state index is 11.6. The monoisotopic (exact) mass is 303 g/mol. The zero-order chi connectivity index (χ0) is 12.5.